The lowest BCUT2D eigenvalue weighted by molar-refractivity contribution is 0.256. The molecular formula is C17H23N3O. The van der Waals surface area contributed by atoms with Crippen molar-refractivity contribution in [2.75, 3.05) is 27.2 Å². The second-order valence-corrected chi connectivity index (χ2v) is 5.95. The van der Waals surface area contributed by atoms with Gasteiger partial charge < -0.3 is 15.0 Å². The molecule has 4 nitrogen and oxygen atoms in total. The summed E-state index contributed by atoms with van der Waals surface area (Å²) in [6.07, 6.45) is 2.58. The fraction of sp³-hybridized carbons (Fsp3) is 0.471. The van der Waals surface area contributed by atoms with Crippen LogP contribution in [0.15, 0.2) is 30.3 Å². The Balaban J connectivity index is 1.79. The Kier molecular flexibility index (Phi) is 4.36. The fourth-order valence-electron chi connectivity index (χ4n) is 2.28. The maximum Gasteiger partial charge on any atom is 0.221 e. The van der Waals surface area contributed by atoms with E-state index in [1.165, 1.54) is 18.2 Å². The highest BCUT2D eigenvalue weighted by Gasteiger charge is 2.20. The van der Waals surface area contributed by atoms with Crippen LogP contribution >= 0.6 is 0 Å². The molecule has 1 fully saturated rings. The first kappa shape index (κ1) is 14.3. The van der Waals surface area contributed by atoms with Crippen molar-refractivity contribution in [2.45, 2.75) is 25.4 Å². The Morgan fingerprint density at radius 3 is 2.86 bits per heavy atom. The minimum atomic E-state index is 0.656. The lowest BCUT2D eigenvalue weighted by atomic mass is 10.1. The van der Waals surface area contributed by atoms with Crippen LogP contribution in [0.25, 0.3) is 10.8 Å². The van der Waals surface area contributed by atoms with Crippen LogP contribution < -0.4 is 10.1 Å². The van der Waals surface area contributed by atoms with Crippen molar-refractivity contribution >= 4 is 10.8 Å². The van der Waals surface area contributed by atoms with Gasteiger partial charge in [-0.05, 0) is 44.5 Å². The van der Waals surface area contributed by atoms with Gasteiger partial charge in [-0.25, -0.2) is 4.98 Å². The number of rotatable bonds is 7. The van der Waals surface area contributed by atoms with E-state index in [1.54, 1.807) is 0 Å². The second-order valence-electron chi connectivity index (χ2n) is 5.95. The zero-order valence-corrected chi connectivity index (χ0v) is 12.8. The van der Waals surface area contributed by atoms with E-state index in [1.807, 2.05) is 20.2 Å². The van der Waals surface area contributed by atoms with Crippen LogP contribution in [-0.2, 0) is 6.54 Å². The largest absolute Gasteiger partial charge is 0.476 e. The molecule has 3 rings (SSSR count). The first-order valence-corrected chi connectivity index (χ1v) is 7.62. The van der Waals surface area contributed by atoms with Crippen molar-refractivity contribution in [2.24, 2.45) is 0 Å². The number of benzene rings is 1. The summed E-state index contributed by atoms with van der Waals surface area (Å²) < 4.78 is 5.91. The Hall–Kier alpha value is -1.65. The Morgan fingerprint density at radius 1 is 1.29 bits per heavy atom. The van der Waals surface area contributed by atoms with Crippen LogP contribution in [-0.4, -0.2) is 43.2 Å². The zero-order chi connectivity index (χ0) is 14.7. The fourth-order valence-corrected chi connectivity index (χ4v) is 2.28. The number of hydrogen-bond donors (Lipinski definition) is 1. The number of pyridine rings is 1. The van der Waals surface area contributed by atoms with Crippen LogP contribution in [0.1, 0.15) is 18.5 Å². The maximum absolute atomic E-state index is 5.91. The summed E-state index contributed by atoms with van der Waals surface area (Å²) in [6.45, 7) is 2.36. The molecule has 112 valence electrons. The van der Waals surface area contributed by atoms with Crippen LogP contribution in [0.3, 0.4) is 0 Å². The summed E-state index contributed by atoms with van der Waals surface area (Å²) in [4.78, 5) is 6.81. The highest BCUT2D eigenvalue weighted by atomic mass is 16.5. The van der Waals surface area contributed by atoms with Crippen LogP contribution in [0.5, 0.6) is 5.88 Å². The molecule has 0 saturated heterocycles. The van der Waals surface area contributed by atoms with Crippen molar-refractivity contribution in [3.8, 4) is 5.88 Å². The van der Waals surface area contributed by atoms with E-state index < -0.39 is 0 Å². The second kappa shape index (κ2) is 6.41. The Labute approximate surface area is 126 Å². The zero-order valence-electron chi connectivity index (χ0n) is 12.8. The van der Waals surface area contributed by atoms with Crippen molar-refractivity contribution < 1.29 is 4.74 Å². The number of nitrogens with zero attached hydrogens (tertiary/aromatic N) is 2. The number of nitrogens with one attached hydrogen (secondary N) is 1. The highest BCUT2D eigenvalue weighted by Crippen LogP contribution is 2.25. The van der Waals surface area contributed by atoms with Crippen molar-refractivity contribution in [3.63, 3.8) is 0 Å². The van der Waals surface area contributed by atoms with E-state index >= 15 is 0 Å². The van der Waals surface area contributed by atoms with Gasteiger partial charge >= 0.3 is 0 Å². The number of fused-ring (bicyclic) bond motifs is 1. The first-order chi connectivity index (χ1) is 10.2. The van der Waals surface area contributed by atoms with Gasteiger partial charge in [-0.2, -0.15) is 0 Å². The van der Waals surface area contributed by atoms with E-state index in [4.69, 9.17) is 9.72 Å². The Morgan fingerprint density at radius 2 is 2.10 bits per heavy atom. The van der Waals surface area contributed by atoms with Gasteiger partial charge in [-0.1, -0.05) is 18.2 Å². The molecule has 0 unspecified atom stereocenters. The van der Waals surface area contributed by atoms with E-state index in [2.05, 4.69) is 34.5 Å². The summed E-state index contributed by atoms with van der Waals surface area (Å²) in [5.41, 5.74) is 1.06. The molecule has 0 aliphatic heterocycles. The summed E-state index contributed by atoms with van der Waals surface area (Å²) in [5.74, 6) is 0.752. The third-order valence-electron chi connectivity index (χ3n) is 3.68. The van der Waals surface area contributed by atoms with Gasteiger partial charge in [0.1, 0.15) is 6.61 Å². The quantitative estimate of drug-likeness (QED) is 0.848. The van der Waals surface area contributed by atoms with Crippen LogP contribution in [0.2, 0.25) is 0 Å². The molecule has 0 spiro atoms. The molecule has 1 aromatic heterocycles. The summed E-state index contributed by atoms with van der Waals surface area (Å²) in [6, 6.07) is 11.1. The third kappa shape index (κ3) is 3.93. The molecule has 1 heterocycles. The number of ether oxygens (including phenoxy) is 1. The van der Waals surface area contributed by atoms with E-state index in [-0.39, 0.29) is 0 Å². The first-order valence-electron chi connectivity index (χ1n) is 7.62. The standard InChI is InChI=1S/C17H23N3O/c1-20(2)9-10-21-17-16-6-4-3-5-13(16)11-15(19-17)12-18-14-7-8-14/h3-6,11,14,18H,7-10,12H2,1-2H3. The smallest absolute Gasteiger partial charge is 0.221 e. The van der Waals surface area contributed by atoms with Crippen molar-refractivity contribution in [1.29, 1.82) is 0 Å². The summed E-state index contributed by atoms with van der Waals surface area (Å²) in [5, 5.41) is 5.80. The molecule has 4 heteroatoms. The SMILES string of the molecule is CN(C)CCOc1nc(CNC2CC2)cc2ccccc12. The number of hydrogen-bond acceptors (Lipinski definition) is 4. The molecule has 2 aromatic rings. The normalized spacial score (nSPS) is 14.8. The van der Waals surface area contributed by atoms with E-state index in [0.29, 0.717) is 12.6 Å². The van der Waals surface area contributed by atoms with Crippen LogP contribution in [0, 0.1) is 0 Å². The van der Waals surface area contributed by atoms with Gasteiger partial charge in [0, 0.05) is 24.5 Å². The maximum atomic E-state index is 5.91. The predicted molar refractivity (Wildman–Crippen MR) is 85.7 cm³/mol. The molecule has 0 amide bonds. The molecule has 21 heavy (non-hydrogen) atoms. The highest BCUT2D eigenvalue weighted by molar-refractivity contribution is 5.87. The van der Waals surface area contributed by atoms with Gasteiger partial charge in [-0.15, -0.1) is 0 Å². The van der Waals surface area contributed by atoms with Gasteiger partial charge in [-0.3, -0.25) is 0 Å². The van der Waals surface area contributed by atoms with Gasteiger partial charge in [0.2, 0.25) is 5.88 Å². The van der Waals surface area contributed by atoms with Gasteiger partial charge in [0.15, 0.2) is 0 Å². The summed E-state index contributed by atoms with van der Waals surface area (Å²) >= 11 is 0. The van der Waals surface area contributed by atoms with E-state index in [9.17, 15) is 0 Å². The molecule has 1 aliphatic carbocycles. The topological polar surface area (TPSA) is 37.4 Å². The Bertz CT molecular complexity index is 608. The molecule has 0 radical (unpaired) electrons. The average molecular weight is 285 g/mol. The lowest BCUT2D eigenvalue weighted by Gasteiger charge is -2.13. The predicted octanol–water partition coefficient (Wildman–Crippen LogP) is 2.43. The molecule has 1 N–H and O–H groups in total. The molecule has 0 atom stereocenters. The third-order valence-corrected chi connectivity index (χ3v) is 3.68. The molecule has 1 aliphatic rings. The molecule has 1 saturated carbocycles. The summed E-state index contributed by atoms with van der Waals surface area (Å²) in [7, 11) is 4.09. The molecule has 1 aromatic carbocycles. The molecule has 0 bridgehead atoms. The minimum Gasteiger partial charge on any atom is -0.476 e. The van der Waals surface area contributed by atoms with Gasteiger partial charge in [0.05, 0.1) is 5.69 Å². The number of likely N-dealkylation sites (N-methyl/N-ethyl adjacent to an activating group) is 1. The van der Waals surface area contributed by atoms with Gasteiger partial charge in [0.25, 0.3) is 0 Å². The van der Waals surface area contributed by atoms with E-state index in [0.717, 1.165) is 30.0 Å². The monoisotopic (exact) mass is 285 g/mol. The van der Waals surface area contributed by atoms with Crippen LogP contribution in [0.4, 0.5) is 0 Å². The number of aromatic nitrogens is 1. The minimum absolute atomic E-state index is 0.656. The molecular weight excluding hydrogens is 262 g/mol. The average Bonchev–Trinajstić information content (AvgIpc) is 3.29. The van der Waals surface area contributed by atoms with Crippen molar-refractivity contribution in [3.05, 3.63) is 36.0 Å². The lowest BCUT2D eigenvalue weighted by Crippen LogP contribution is -2.20. The van der Waals surface area contributed by atoms with Crippen molar-refractivity contribution in [1.82, 2.24) is 15.2 Å².